The van der Waals surface area contributed by atoms with Crippen LogP contribution in [-0.2, 0) is 11.2 Å². The minimum absolute atomic E-state index is 0.0339. The summed E-state index contributed by atoms with van der Waals surface area (Å²) in [7, 11) is 0. The molecule has 0 saturated heterocycles. The van der Waals surface area contributed by atoms with Gasteiger partial charge in [0.15, 0.2) is 0 Å². The van der Waals surface area contributed by atoms with E-state index in [1.54, 1.807) is 0 Å². The Bertz CT molecular complexity index is 707. The first-order valence-electron chi connectivity index (χ1n) is 9.58. The Labute approximate surface area is 159 Å². The lowest BCUT2D eigenvalue weighted by Crippen LogP contribution is -2.14. The lowest BCUT2D eigenvalue weighted by Gasteiger charge is -2.10. The van der Waals surface area contributed by atoms with Crippen LogP contribution in [0.5, 0.6) is 0 Å². The van der Waals surface area contributed by atoms with Crippen LogP contribution in [0.3, 0.4) is 0 Å². The number of benzene rings is 1. The molecule has 0 radical (unpaired) electrons. The summed E-state index contributed by atoms with van der Waals surface area (Å²) in [6.45, 7) is 4.39. The van der Waals surface area contributed by atoms with Crippen molar-refractivity contribution >= 4 is 23.4 Å². The molecule has 1 atom stereocenters. The van der Waals surface area contributed by atoms with Crippen LogP contribution in [0.1, 0.15) is 63.3 Å². The van der Waals surface area contributed by atoms with Crippen molar-refractivity contribution < 1.29 is 4.79 Å². The van der Waals surface area contributed by atoms with E-state index in [1.165, 1.54) is 43.0 Å². The molecule has 1 unspecified atom stereocenters. The van der Waals surface area contributed by atoms with Crippen LogP contribution in [-0.4, -0.2) is 26.8 Å². The fourth-order valence-electron chi connectivity index (χ4n) is 3.38. The van der Waals surface area contributed by atoms with Gasteiger partial charge < -0.3 is 5.32 Å². The first-order valence-corrected chi connectivity index (χ1v) is 10.6. The molecule has 1 aromatic heterocycles. The van der Waals surface area contributed by atoms with Crippen molar-refractivity contribution in [2.45, 2.75) is 63.4 Å². The second-order valence-corrected chi connectivity index (χ2v) is 8.13. The van der Waals surface area contributed by atoms with Crippen molar-refractivity contribution in [2.75, 3.05) is 11.1 Å². The number of hydrogen-bond donors (Lipinski definition) is 2. The number of hydrogen-bond acceptors (Lipinski definition) is 4. The number of thioether (sulfide) groups is 1. The monoisotopic (exact) mass is 372 g/mol. The third kappa shape index (κ3) is 5.34. The zero-order chi connectivity index (χ0) is 18.4. The maximum absolute atomic E-state index is 12.1. The Balaban J connectivity index is 1.44. The standard InChI is InChI=1S/C20H28N4OS/c1-3-14(2)16-8-10-17(11-9-16)21-19(25)13-26-20-22-18(23-24-20)12-15-6-4-5-7-15/h8-11,14-15H,3-7,12-13H2,1-2H3,(H,21,25)(H,22,23,24). The highest BCUT2D eigenvalue weighted by molar-refractivity contribution is 7.99. The topological polar surface area (TPSA) is 70.7 Å². The third-order valence-corrected chi connectivity index (χ3v) is 6.02. The van der Waals surface area contributed by atoms with Crippen LogP contribution in [0, 0.1) is 5.92 Å². The van der Waals surface area contributed by atoms with E-state index in [9.17, 15) is 4.79 Å². The molecule has 1 amide bonds. The largest absolute Gasteiger partial charge is 0.325 e. The zero-order valence-electron chi connectivity index (χ0n) is 15.6. The van der Waals surface area contributed by atoms with Crippen LogP contribution in [0.4, 0.5) is 5.69 Å². The summed E-state index contributed by atoms with van der Waals surface area (Å²) in [6, 6.07) is 8.11. The Morgan fingerprint density at radius 3 is 2.73 bits per heavy atom. The molecular weight excluding hydrogens is 344 g/mol. The van der Waals surface area contributed by atoms with Crippen molar-refractivity contribution in [1.82, 2.24) is 15.2 Å². The van der Waals surface area contributed by atoms with Gasteiger partial charge in [0.1, 0.15) is 5.82 Å². The minimum atomic E-state index is -0.0339. The van der Waals surface area contributed by atoms with Crippen LogP contribution in [0.25, 0.3) is 0 Å². The molecule has 1 aliphatic carbocycles. The third-order valence-electron chi connectivity index (χ3n) is 5.18. The second kappa shape index (κ2) is 9.21. The van der Waals surface area contributed by atoms with E-state index in [-0.39, 0.29) is 5.91 Å². The number of nitrogens with zero attached hydrogens (tertiary/aromatic N) is 2. The molecular formula is C20H28N4OS. The molecule has 0 bridgehead atoms. The molecule has 1 aliphatic rings. The van der Waals surface area contributed by atoms with E-state index in [0.717, 1.165) is 30.3 Å². The normalized spacial score (nSPS) is 15.9. The second-order valence-electron chi connectivity index (χ2n) is 7.19. The lowest BCUT2D eigenvalue weighted by atomic mass is 9.99. The number of anilines is 1. The van der Waals surface area contributed by atoms with E-state index in [4.69, 9.17) is 0 Å². The first-order chi connectivity index (χ1) is 12.6. The maximum atomic E-state index is 12.1. The van der Waals surface area contributed by atoms with Gasteiger partial charge in [0, 0.05) is 12.1 Å². The Hall–Kier alpha value is -1.82. The number of rotatable bonds is 8. The minimum Gasteiger partial charge on any atom is -0.325 e. The fraction of sp³-hybridized carbons (Fsp3) is 0.550. The molecule has 2 aromatic rings. The number of carbonyl (C=O) groups excluding carboxylic acids is 1. The summed E-state index contributed by atoms with van der Waals surface area (Å²) >= 11 is 1.37. The van der Waals surface area contributed by atoms with Crippen LogP contribution >= 0.6 is 11.8 Å². The van der Waals surface area contributed by atoms with Gasteiger partial charge in [0.05, 0.1) is 5.75 Å². The number of aromatic nitrogens is 3. The molecule has 26 heavy (non-hydrogen) atoms. The summed E-state index contributed by atoms with van der Waals surface area (Å²) in [4.78, 5) is 16.7. The smallest absolute Gasteiger partial charge is 0.234 e. The predicted octanol–water partition coefficient (Wildman–Crippen LogP) is 4.78. The summed E-state index contributed by atoms with van der Waals surface area (Å²) < 4.78 is 0. The van der Waals surface area contributed by atoms with Crippen LogP contribution in [0.2, 0.25) is 0 Å². The molecule has 5 nitrogen and oxygen atoms in total. The van der Waals surface area contributed by atoms with Gasteiger partial charge in [-0.3, -0.25) is 9.89 Å². The van der Waals surface area contributed by atoms with Gasteiger partial charge >= 0.3 is 0 Å². The van der Waals surface area contributed by atoms with Gasteiger partial charge in [-0.05, 0) is 36.0 Å². The van der Waals surface area contributed by atoms with E-state index in [1.807, 2.05) is 12.1 Å². The maximum Gasteiger partial charge on any atom is 0.234 e. The Morgan fingerprint density at radius 1 is 1.31 bits per heavy atom. The van der Waals surface area contributed by atoms with Gasteiger partial charge in [-0.1, -0.05) is 63.4 Å². The number of aromatic amines is 1. The average molecular weight is 373 g/mol. The van der Waals surface area contributed by atoms with Gasteiger partial charge in [-0.2, -0.15) is 0 Å². The molecule has 3 rings (SSSR count). The van der Waals surface area contributed by atoms with E-state index < -0.39 is 0 Å². The molecule has 0 aliphatic heterocycles. The highest BCUT2D eigenvalue weighted by Gasteiger charge is 2.17. The summed E-state index contributed by atoms with van der Waals surface area (Å²) in [5, 5.41) is 10.8. The quantitative estimate of drug-likeness (QED) is 0.654. The highest BCUT2D eigenvalue weighted by Crippen LogP contribution is 2.27. The SMILES string of the molecule is CCC(C)c1ccc(NC(=O)CSc2n[nH]c(CC3CCCC3)n2)cc1. The molecule has 1 heterocycles. The molecule has 1 saturated carbocycles. The van der Waals surface area contributed by atoms with Crippen molar-refractivity contribution in [3.05, 3.63) is 35.7 Å². The van der Waals surface area contributed by atoms with Crippen LogP contribution < -0.4 is 5.32 Å². The first kappa shape index (κ1) is 19.0. The summed E-state index contributed by atoms with van der Waals surface area (Å²) in [5.74, 6) is 2.50. The lowest BCUT2D eigenvalue weighted by molar-refractivity contribution is -0.113. The molecule has 6 heteroatoms. The molecule has 1 aromatic carbocycles. The molecule has 0 spiro atoms. The van der Waals surface area contributed by atoms with Gasteiger partial charge in [0.2, 0.25) is 11.1 Å². The van der Waals surface area contributed by atoms with Crippen molar-refractivity contribution in [3.63, 3.8) is 0 Å². The van der Waals surface area contributed by atoms with E-state index in [2.05, 4.69) is 46.5 Å². The van der Waals surface area contributed by atoms with Gasteiger partial charge in [-0.15, -0.1) is 5.10 Å². The number of H-pyrrole nitrogens is 1. The Morgan fingerprint density at radius 2 is 2.04 bits per heavy atom. The van der Waals surface area contributed by atoms with E-state index >= 15 is 0 Å². The number of carbonyl (C=O) groups is 1. The fourth-order valence-corrected chi connectivity index (χ4v) is 4.00. The average Bonchev–Trinajstić information content (AvgIpc) is 3.32. The highest BCUT2D eigenvalue weighted by atomic mass is 32.2. The van der Waals surface area contributed by atoms with Crippen LogP contribution in [0.15, 0.2) is 29.4 Å². The number of nitrogens with one attached hydrogen (secondary N) is 2. The van der Waals surface area contributed by atoms with Gasteiger partial charge in [0.25, 0.3) is 0 Å². The predicted molar refractivity (Wildman–Crippen MR) is 107 cm³/mol. The Kier molecular flexibility index (Phi) is 6.72. The van der Waals surface area contributed by atoms with Gasteiger partial charge in [-0.25, -0.2) is 4.98 Å². The molecule has 1 fully saturated rings. The van der Waals surface area contributed by atoms with Crippen molar-refractivity contribution in [2.24, 2.45) is 5.92 Å². The summed E-state index contributed by atoms with van der Waals surface area (Å²) in [6.07, 6.45) is 7.34. The molecule has 140 valence electrons. The van der Waals surface area contributed by atoms with Crippen molar-refractivity contribution in [1.29, 1.82) is 0 Å². The summed E-state index contributed by atoms with van der Waals surface area (Å²) in [5.41, 5.74) is 2.13. The van der Waals surface area contributed by atoms with Crippen molar-refractivity contribution in [3.8, 4) is 0 Å². The van der Waals surface area contributed by atoms with E-state index in [0.29, 0.717) is 16.8 Å². The molecule has 2 N–H and O–H groups in total. The number of amides is 1. The zero-order valence-corrected chi connectivity index (χ0v) is 16.4.